The van der Waals surface area contributed by atoms with Crippen LogP contribution in [0.4, 0.5) is 0 Å². The molecule has 0 radical (unpaired) electrons. The third kappa shape index (κ3) is 3.07. The topological polar surface area (TPSA) is 17.1 Å². The maximum absolute atomic E-state index is 12.0. The quantitative estimate of drug-likeness (QED) is 0.692. The lowest BCUT2D eigenvalue weighted by molar-refractivity contribution is -0.122. The van der Waals surface area contributed by atoms with E-state index in [9.17, 15) is 4.79 Å². The van der Waals surface area contributed by atoms with E-state index in [-0.39, 0.29) is 11.7 Å². The molecule has 0 saturated carbocycles. The molecule has 0 bridgehead atoms. The third-order valence-electron chi connectivity index (χ3n) is 2.73. The fourth-order valence-corrected chi connectivity index (χ4v) is 2.01. The Hall–Kier alpha value is -0.820. The maximum atomic E-state index is 12.0. The Balaban J connectivity index is 2.76. The van der Waals surface area contributed by atoms with Crippen LogP contribution in [0, 0.1) is 5.92 Å². The summed E-state index contributed by atoms with van der Waals surface area (Å²) in [6.07, 6.45) is 1.73. The van der Waals surface area contributed by atoms with Gasteiger partial charge in [-0.15, -0.1) is 11.6 Å². The summed E-state index contributed by atoms with van der Waals surface area (Å²) in [5.74, 6) is 0.237. The summed E-state index contributed by atoms with van der Waals surface area (Å²) in [4.78, 5) is 12.0. The molecule has 1 nitrogen and oxygen atoms in total. The predicted octanol–water partition coefficient (Wildman–Crippen LogP) is 3.97. The van der Waals surface area contributed by atoms with Gasteiger partial charge in [0.25, 0.3) is 0 Å². The Kier molecular flexibility index (Phi) is 4.83. The number of benzene rings is 1. The number of hydrogen-bond acceptors (Lipinski definition) is 1. The zero-order valence-electron chi connectivity index (χ0n) is 9.24. The molecule has 0 fully saturated rings. The van der Waals surface area contributed by atoms with Crippen LogP contribution in [0.1, 0.15) is 37.6 Å². The lowest BCUT2D eigenvalue weighted by Gasteiger charge is -2.15. The number of halogens is 1. The Labute approximate surface area is 96.5 Å². The molecule has 0 saturated heterocycles. The van der Waals surface area contributed by atoms with Crippen molar-refractivity contribution >= 4 is 17.4 Å². The van der Waals surface area contributed by atoms with E-state index in [2.05, 4.69) is 0 Å². The van der Waals surface area contributed by atoms with Gasteiger partial charge in [0.15, 0.2) is 5.78 Å². The highest BCUT2D eigenvalue weighted by Crippen LogP contribution is 2.26. The molecule has 0 amide bonds. The molecule has 1 rings (SSSR count). The number of Topliss-reactive ketones (excluding diaryl/α,β-unsaturated/α-hetero) is 1. The Morgan fingerprint density at radius 3 is 2.20 bits per heavy atom. The standard InChI is InChI=1S/C13H17ClO/c1-3-10(4-2)13(15)12(14)11-8-6-5-7-9-11/h5-10,12H,3-4H2,1-2H3. The van der Waals surface area contributed by atoms with Crippen molar-refractivity contribution in [1.29, 1.82) is 0 Å². The van der Waals surface area contributed by atoms with Gasteiger partial charge in [-0.2, -0.15) is 0 Å². The fraction of sp³-hybridized carbons (Fsp3) is 0.462. The highest BCUT2D eigenvalue weighted by molar-refractivity contribution is 6.31. The van der Waals surface area contributed by atoms with E-state index >= 15 is 0 Å². The van der Waals surface area contributed by atoms with Crippen LogP contribution < -0.4 is 0 Å². The van der Waals surface area contributed by atoms with Crippen LogP contribution in [0.3, 0.4) is 0 Å². The Morgan fingerprint density at radius 2 is 1.73 bits per heavy atom. The van der Waals surface area contributed by atoms with Crippen molar-refractivity contribution in [2.75, 3.05) is 0 Å². The molecule has 1 aromatic carbocycles. The van der Waals surface area contributed by atoms with Crippen LogP contribution in [0.25, 0.3) is 0 Å². The van der Waals surface area contributed by atoms with Crippen LogP contribution in [0.15, 0.2) is 30.3 Å². The summed E-state index contributed by atoms with van der Waals surface area (Å²) in [7, 11) is 0. The molecule has 82 valence electrons. The van der Waals surface area contributed by atoms with Crippen molar-refractivity contribution in [2.45, 2.75) is 32.1 Å². The minimum atomic E-state index is -0.490. The van der Waals surface area contributed by atoms with Crippen LogP contribution in [0.5, 0.6) is 0 Å². The first-order valence-corrected chi connectivity index (χ1v) is 5.87. The summed E-state index contributed by atoms with van der Waals surface area (Å²) in [5, 5.41) is -0.490. The highest BCUT2D eigenvalue weighted by atomic mass is 35.5. The van der Waals surface area contributed by atoms with Crippen molar-refractivity contribution in [1.82, 2.24) is 0 Å². The normalized spacial score (nSPS) is 12.8. The average Bonchev–Trinajstić information content (AvgIpc) is 2.30. The molecule has 2 heteroatoms. The minimum Gasteiger partial charge on any atom is -0.297 e. The van der Waals surface area contributed by atoms with Gasteiger partial charge in [0, 0.05) is 5.92 Å². The number of hydrogen-bond donors (Lipinski definition) is 0. The number of rotatable bonds is 5. The molecular weight excluding hydrogens is 208 g/mol. The summed E-state index contributed by atoms with van der Waals surface area (Å²) in [6.45, 7) is 4.06. The smallest absolute Gasteiger partial charge is 0.158 e. The second kappa shape index (κ2) is 5.92. The second-order valence-electron chi connectivity index (χ2n) is 3.69. The van der Waals surface area contributed by atoms with E-state index in [0.29, 0.717) is 0 Å². The molecule has 1 unspecified atom stereocenters. The molecule has 0 heterocycles. The van der Waals surface area contributed by atoms with Crippen molar-refractivity contribution in [3.05, 3.63) is 35.9 Å². The van der Waals surface area contributed by atoms with Crippen LogP contribution >= 0.6 is 11.6 Å². The number of ketones is 1. The third-order valence-corrected chi connectivity index (χ3v) is 3.20. The van der Waals surface area contributed by atoms with E-state index in [1.165, 1.54) is 0 Å². The van der Waals surface area contributed by atoms with Gasteiger partial charge in [0.1, 0.15) is 5.38 Å². The summed E-state index contributed by atoms with van der Waals surface area (Å²) in [6, 6.07) is 9.54. The number of carbonyl (C=O) groups is 1. The van der Waals surface area contributed by atoms with E-state index in [4.69, 9.17) is 11.6 Å². The van der Waals surface area contributed by atoms with Crippen LogP contribution in [0.2, 0.25) is 0 Å². The monoisotopic (exact) mass is 224 g/mol. The first-order chi connectivity index (χ1) is 7.20. The molecule has 0 aliphatic rings. The summed E-state index contributed by atoms with van der Waals surface area (Å²) >= 11 is 6.16. The molecular formula is C13H17ClO. The zero-order chi connectivity index (χ0) is 11.3. The van der Waals surface area contributed by atoms with Gasteiger partial charge >= 0.3 is 0 Å². The van der Waals surface area contributed by atoms with Crippen molar-refractivity contribution < 1.29 is 4.79 Å². The van der Waals surface area contributed by atoms with Crippen LogP contribution in [-0.2, 0) is 4.79 Å². The largest absolute Gasteiger partial charge is 0.297 e. The van der Waals surface area contributed by atoms with Gasteiger partial charge in [-0.3, -0.25) is 4.79 Å². The summed E-state index contributed by atoms with van der Waals surface area (Å²) < 4.78 is 0. The minimum absolute atomic E-state index is 0.0905. The van der Waals surface area contributed by atoms with E-state index < -0.39 is 5.38 Å². The molecule has 0 spiro atoms. The van der Waals surface area contributed by atoms with E-state index in [1.807, 2.05) is 44.2 Å². The predicted molar refractivity (Wildman–Crippen MR) is 64.1 cm³/mol. The summed E-state index contributed by atoms with van der Waals surface area (Å²) in [5.41, 5.74) is 0.899. The number of carbonyl (C=O) groups excluding carboxylic acids is 1. The van der Waals surface area contributed by atoms with Gasteiger partial charge in [-0.05, 0) is 18.4 Å². The Morgan fingerprint density at radius 1 is 1.20 bits per heavy atom. The lowest BCUT2D eigenvalue weighted by Crippen LogP contribution is -2.17. The first-order valence-electron chi connectivity index (χ1n) is 5.43. The van der Waals surface area contributed by atoms with Gasteiger partial charge in [-0.25, -0.2) is 0 Å². The SMILES string of the molecule is CCC(CC)C(=O)C(Cl)c1ccccc1. The average molecular weight is 225 g/mol. The van der Waals surface area contributed by atoms with Gasteiger partial charge in [0.05, 0.1) is 0 Å². The molecule has 0 aliphatic carbocycles. The van der Waals surface area contributed by atoms with Gasteiger partial charge in [0.2, 0.25) is 0 Å². The second-order valence-corrected chi connectivity index (χ2v) is 4.13. The molecule has 1 atom stereocenters. The molecule has 0 aliphatic heterocycles. The van der Waals surface area contributed by atoms with Gasteiger partial charge < -0.3 is 0 Å². The first kappa shape index (κ1) is 12.3. The molecule has 1 aromatic rings. The van der Waals surface area contributed by atoms with Crippen molar-refractivity contribution in [2.24, 2.45) is 5.92 Å². The molecule has 15 heavy (non-hydrogen) atoms. The fourth-order valence-electron chi connectivity index (χ4n) is 1.68. The van der Waals surface area contributed by atoms with E-state index in [0.717, 1.165) is 18.4 Å². The van der Waals surface area contributed by atoms with Crippen LogP contribution in [-0.4, -0.2) is 5.78 Å². The highest BCUT2D eigenvalue weighted by Gasteiger charge is 2.23. The Bertz CT molecular complexity index is 304. The maximum Gasteiger partial charge on any atom is 0.158 e. The molecule has 0 aromatic heterocycles. The van der Waals surface area contributed by atoms with Gasteiger partial charge in [-0.1, -0.05) is 44.2 Å². The number of alkyl halides is 1. The van der Waals surface area contributed by atoms with E-state index in [1.54, 1.807) is 0 Å². The zero-order valence-corrected chi connectivity index (χ0v) is 10.00. The van der Waals surface area contributed by atoms with Crippen molar-refractivity contribution in [3.8, 4) is 0 Å². The lowest BCUT2D eigenvalue weighted by atomic mass is 9.93. The van der Waals surface area contributed by atoms with Crippen molar-refractivity contribution in [3.63, 3.8) is 0 Å². The molecule has 0 N–H and O–H groups in total.